The van der Waals surface area contributed by atoms with E-state index in [9.17, 15) is 4.79 Å². The van der Waals surface area contributed by atoms with Gasteiger partial charge in [-0.3, -0.25) is 4.79 Å². The fraction of sp³-hybridized carbons (Fsp3) is 0.421. The summed E-state index contributed by atoms with van der Waals surface area (Å²) in [6, 6.07) is 0. The molecule has 21 heavy (non-hydrogen) atoms. The van der Waals surface area contributed by atoms with E-state index in [-0.39, 0.29) is 6.42 Å². The lowest BCUT2D eigenvalue weighted by atomic mass is 10.0. The van der Waals surface area contributed by atoms with Crippen LogP contribution in [0.3, 0.4) is 0 Å². The number of hydrogen-bond acceptors (Lipinski definition) is 1. The molecule has 0 fully saturated rings. The summed E-state index contributed by atoms with van der Waals surface area (Å²) in [5.41, 5.74) is 0. The van der Waals surface area contributed by atoms with Crippen LogP contribution in [0.15, 0.2) is 62.3 Å². The van der Waals surface area contributed by atoms with Gasteiger partial charge in [0.05, 0.1) is 6.42 Å². The Morgan fingerprint density at radius 1 is 1.14 bits per heavy atom. The van der Waals surface area contributed by atoms with Crippen molar-refractivity contribution in [1.82, 2.24) is 0 Å². The van der Waals surface area contributed by atoms with Crippen LogP contribution in [0.25, 0.3) is 0 Å². The third kappa shape index (κ3) is 20.6. The molecule has 1 unspecified atom stereocenters. The van der Waals surface area contributed by atoms with Crippen molar-refractivity contribution in [3.05, 3.63) is 62.3 Å². The molecule has 0 aliphatic rings. The van der Waals surface area contributed by atoms with Crippen LogP contribution < -0.4 is 0 Å². The zero-order valence-electron chi connectivity index (χ0n) is 13.3. The maximum absolute atomic E-state index is 10.0. The molecule has 0 saturated heterocycles. The van der Waals surface area contributed by atoms with Crippen LogP contribution in [-0.4, -0.2) is 11.1 Å². The van der Waals surface area contributed by atoms with Gasteiger partial charge in [-0.05, 0) is 38.0 Å². The molecule has 0 amide bonds. The Morgan fingerprint density at radius 2 is 1.86 bits per heavy atom. The Hall–Kier alpha value is -1.83. The first-order chi connectivity index (χ1) is 10.1. The van der Waals surface area contributed by atoms with Crippen LogP contribution in [0.1, 0.15) is 45.4 Å². The van der Waals surface area contributed by atoms with E-state index < -0.39 is 5.97 Å². The van der Waals surface area contributed by atoms with Gasteiger partial charge >= 0.3 is 5.97 Å². The van der Waals surface area contributed by atoms with Gasteiger partial charge in [0.15, 0.2) is 0 Å². The molecule has 0 spiro atoms. The first-order valence-electron chi connectivity index (χ1n) is 7.50. The highest BCUT2D eigenvalue weighted by Crippen LogP contribution is 2.08. The molecule has 0 aromatic rings. The number of allylic oxidation sites excluding steroid dienone is 6. The molecule has 0 aromatic carbocycles. The number of rotatable bonds is 11. The summed E-state index contributed by atoms with van der Waals surface area (Å²) in [6.07, 6.45) is 18.8. The first kappa shape index (κ1) is 21.5. The number of carboxylic acid groups (broad SMARTS) is 1. The average Bonchev–Trinajstić information content (AvgIpc) is 2.48. The SMILES string of the molecule is C=CC=CCC(C=C)CC.C=CCCCC=CCC(=O)O. The highest BCUT2D eigenvalue weighted by atomic mass is 16.4. The molecule has 1 N–H and O–H groups in total. The molecule has 0 aliphatic heterocycles. The van der Waals surface area contributed by atoms with E-state index in [1.807, 2.05) is 24.3 Å². The molecule has 0 aromatic heterocycles. The van der Waals surface area contributed by atoms with Crippen molar-refractivity contribution in [3.8, 4) is 0 Å². The largest absolute Gasteiger partial charge is 0.481 e. The topological polar surface area (TPSA) is 37.3 Å². The van der Waals surface area contributed by atoms with Crippen molar-refractivity contribution in [3.63, 3.8) is 0 Å². The molecule has 1 atom stereocenters. The Morgan fingerprint density at radius 3 is 2.33 bits per heavy atom. The summed E-state index contributed by atoms with van der Waals surface area (Å²) >= 11 is 0. The maximum Gasteiger partial charge on any atom is 0.307 e. The number of aliphatic carboxylic acids is 1. The second kappa shape index (κ2) is 18.2. The minimum Gasteiger partial charge on any atom is -0.481 e. The van der Waals surface area contributed by atoms with E-state index in [0.29, 0.717) is 5.92 Å². The third-order valence-electron chi connectivity index (χ3n) is 2.81. The second-order valence-corrected chi connectivity index (χ2v) is 4.59. The van der Waals surface area contributed by atoms with E-state index in [0.717, 1.165) is 25.7 Å². The lowest BCUT2D eigenvalue weighted by molar-refractivity contribution is -0.136. The monoisotopic (exact) mass is 290 g/mol. The summed E-state index contributed by atoms with van der Waals surface area (Å²) in [7, 11) is 0. The van der Waals surface area contributed by atoms with E-state index in [1.54, 1.807) is 12.2 Å². The van der Waals surface area contributed by atoms with Gasteiger partial charge in [0.1, 0.15) is 0 Å². The zero-order chi connectivity index (χ0) is 16.3. The molecule has 0 radical (unpaired) electrons. The van der Waals surface area contributed by atoms with Gasteiger partial charge in [0.25, 0.3) is 0 Å². The summed E-state index contributed by atoms with van der Waals surface area (Å²) in [5.74, 6) is -0.138. The van der Waals surface area contributed by atoms with Crippen LogP contribution in [0, 0.1) is 5.92 Å². The van der Waals surface area contributed by atoms with E-state index in [4.69, 9.17) is 5.11 Å². The normalized spacial score (nSPS) is 11.7. The summed E-state index contributed by atoms with van der Waals surface area (Å²) in [6.45, 7) is 13.1. The smallest absolute Gasteiger partial charge is 0.307 e. The third-order valence-corrected chi connectivity index (χ3v) is 2.81. The van der Waals surface area contributed by atoms with E-state index >= 15 is 0 Å². The van der Waals surface area contributed by atoms with Crippen LogP contribution in [0.2, 0.25) is 0 Å². The van der Waals surface area contributed by atoms with Crippen molar-refractivity contribution in [2.45, 2.75) is 45.4 Å². The van der Waals surface area contributed by atoms with Crippen LogP contribution in [0.4, 0.5) is 0 Å². The quantitative estimate of drug-likeness (QED) is 0.301. The van der Waals surface area contributed by atoms with Gasteiger partial charge in [-0.15, -0.1) is 13.2 Å². The first-order valence-corrected chi connectivity index (χ1v) is 7.50. The molecule has 0 aliphatic carbocycles. The number of hydrogen-bond donors (Lipinski definition) is 1. The molecule has 118 valence electrons. The number of carbonyl (C=O) groups is 1. The molecular weight excluding hydrogens is 260 g/mol. The Labute approximate surface area is 130 Å². The zero-order valence-corrected chi connectivity index (χ0v) is 13.3. The predicted molar refractivity (Wildman–Crippen MR) is 93.4 cm³/mol. The lowest BCUT2D eigenvalue weighted by Gasteiger charge is -2.03. The van der Waals surface area contributed by atoms with Crippen LogP contribution >= 0.6 is 0 Å². The Bertz CT molecular complexity index is 337. The molecule has 2 heteroatoms. The summed E-state index contributed by atoms with van der Waals surface area (Å²) in [5, 5.41) is 8.25. The fourth-order valence-electron chi connectivity index (χ4n) is 1.46. The second-order valence-electron chi connectivity index (χ2n) is 4.59. The minimum absolute atomic E-state index is 0.133. The molecule has 0 saturated carbocycles. The van der Waals surface area contributed by atoms with Crippen molar-refractivity contribution in [2.24, 2.45) is 5.92 Å². The highest BCUT2D eigenvalue weighted by Gasteiger charge is 1.94. The maximum atomic E-state index is 10.0. The lowest BCUT2D eigenvalue weighted by Crippen LogP contribution is -1.89. The average molecular weight is 290 g/mol. The van der Waals surface area contributed by atoms with Crippen LogP contribution in [0.5, 0.6) is 0 Å². The van der Waals surface area contributed by atoms with Gasteiger partial charge in [0, 0.05) is 0 Å². The van der Waals surface area contributed by atoms with Crippen molar-refractivity contribution in [2.75, 3.05) is 0 Å². The predicted octanol–water partition coefficient (Wildman–Crippen LogP) is 5.70. The van der Waals surface area contributed by atoms with Gasteiger partial charge in [-0.2, -0.15) is 0 Å². The van der Waals surface area contributed by atoms with E-state index in [1.165, 1.54) is 6.42 Å². The molecular formula is C19H30O2. The fourth-order valence-corrected chi connectivity index (χ4v) is 1.46. The van der Waals surface area contributed by atoms with E-state index in [2.05, 4.69) is 32.7 Å². The summed E-state index contributed by atoms with van der Waals surface area (Å²) in [4.78, 5) is 10.0. The number of unbranched alkanes of at least 4 members (excludes halogenated alkanes) is 2. The van der Waals surface area contributed by atoms with Crippen molar-refractivity contribution in [1.29, 1.82) is 0 Å². The van der Waals surface area contributed by atoms with Crippen molar-refractivity contribution >= 4 is 5.97 Å². The Balaban J connectivity index is 0. The van der Waals surface area contributed by atoms with Gasteiger partial charge in [-0.1, -0.05) is 56.0 Å². The molecule has 0 heterocycles. The molecule has 0 rings (SSSR count). The van der Waals surface area contributed by atoms with Crippen LogP contribution in [-0.2, 0) is 4.79 Å². The minimum atomic E-state index is -0.773. The van der Waals surface area contributed by atoms with Gasteiger partial charge < -0.3 is 5.11 Å². The van der Waals surface area contributed by atoms with Crippen molar-refractivity contribution < 1.29 is 9.90 Å². The van der Waals surface area contributed by atoms with Gasteiger partial charge in [0.2, 0.25) is 0 Å². The highest BCUT2D eigenvalue weighted by molar-refractivity contribution is 5.68. The Kier molecular flexibility index (Phi) is 18.6. The standard InChI is InChI=1S/C10H16.C9H14O2/c1-4-7-8-9-10(5-2)6-3;1-2-3-4-5-6-7-8-9(10)11/h4-5,7-8,10H,1-2,6,9H2,3H3;2,6-7H,1,3-5,8H2,(H,10,11). The molecule has 2 nitrogen and oxygen atoms in total. The number of carboxylic acids is 1. The molecule has 0 bridgehead atoms. The summed E-state index contributed by atoms with van der Waals surface area (Å²) < 4.78 is 0. The van der Waals surface area contributed by atoms with Gasteiger partial charge in [-0.25, -0.2) is 0 Å².